The molecule has 3 atom stereocenters. The Balaban J connectivity index is 2.01. The third-order valence-electron chi connectivity index (χ3n) is 3.93. The number of fused-ring (bicyclic) bond motifs is 1. The second kappa shape index (κ2) is 4.63. The van der Waals surface area contributed by atoms with Crippen LogP contribution in [0.15, 0.2) is 0 Å². The molecule has 1 saturated carbocycles. The minimum absolute atomic E-state index is 0.548. The maximum absolute atomic E-state index is 5.87. The molecule has 0 N–H and O–H groups in total. The van der Waals surface area contributed by atoms with Crippen LogP contribution in [-0.2, 0) is 4.74 Å². The van der Waals surface area contributed by atoms with E-state index in [9.17, 15) is 0 Å². The molecule has 2 rings (SSSR count). The van der Waals surface area contributed by atoms with Crippen molar-refractivity contribution in [3.8, 4) is 0 Å². The predicted octanol–water partition coefficient (Wildman–Crippen LogP) is 2.43. The summed E-state index contributed by atoms with van der Waals surface area (Å²) in [5, 5.41) is 0. The van der Waals surface area contributed by atoms with E-state index in [0.29, 0.717) is 6.10 Å². The van der Waals surface area contributed by atoms with Gasteiger partial charge in [0.1, 0.15) is 0 Å². The van der Waals surface area contributed by atoms with Gasteiger partial charge in [0, 0.05) is 18.6 Å². The first-order chi connectivity index (χ1) is 6.83. The van der Waals surface area contributed by atoms with Crippen molar-refractivity contribution >= 4 is 0 Å². The third-order valence-corrected chi connectivity index (χ3v) is 3.93. The number of hydrogen-bond acceptors (Lipinski definition) is 2. The highest BCUT2D eigenvalue weighted by Gasteiger charge is 2.35. The van der Waals surface area contributed by atoms with Crippen LogP contribution in [0.25, 0.3) is 0 Å². The van der Waals surface area contributed by atoms with E-state index < -0.39 is 0 Å². The number of morpholine rings is 1. The van der Waals surface area contributed by atoms with Crippen molar-refractivity contribution in [3.63, 3.8) is 0 Å². The summed E-state index contributed by atoms with van der Waals surface area (Å²) in [7, 11) is 0. The van der Waals surface area contributed by atoms with E-state index in [-0.39, 0.29) is 0 Å². The monoisotopic (exact) mass is 197 g/mol. The van der Waals surface area contributed by atoms with Gasteiger partial charge in [0.25, 0.3) is 0 Å². The molecule has 0 aromatic heterocycles. The normalized spacial score (nSPS) is 36.4. The van der Waals surface area contributed by atoms with E-state index >= 15 is 0 Å². The second-order valence-electron chi connectivity index (χ2n) is 4.76. The summed E-state index contributed by atoms with van der Waals surface area (Å²) in [5.74, 6) is 0. The van der Waals surface area contributed by atoms with Crippen LogP contribution in [-0.4, -0.2) is 36.2 Å². The van der Waals surface area contributed by atoms with Crippen LogP contribution in [0.2, 0.25) is 0 Å². The summed E-state index contributed by atoms with van der Waals surface area (Å²) in [6.45, 7) is 6.75. The fourth-order valence-corrected chi connectivity index (χ4v) is 2.91. The Morgan fingerprint density at radius 1 is 1.36 bits per heavy atom. The number of ether oxygens (including phenoxy) is 1. The molecule has 1 saturated heterocycles. The molecule has 2 heteroatoms. The van der Waals surface area contributed by atoms with Gasteiger partial charge in [0.05, 0.1) is 12.7 Å². The molecule has 0 aromatic rings. The lowest BCUT2D eigenvalue weighted by Gasteiger charge is -2.46. The quantitative estimate of drug-likeness (QED) is 0.674. The van der Waals surface area contributed by atoms with Crippen LogP contribution >= 0.6 is 0 Å². The molecule has 1 aliphatic carbocycles. The van der Waals surface area contributed by atoms with Crippen LogP contribution in [0.3, 0.4) is 0 Å². The molecule has 1 aliphatic heterocycles. The van der Waals surface area contributed by atoms with E-state index in [1.165, 1.54) is 32.1 Å². The second-order valence-corrected chi connectivity index (χ2v) is 4.76. The molecule has 0 aromatic carbocycles. The predicted molar refractivity (Wildman–Crippen MR) is 58.5 cm³/mol. The molecule has 2 fully saturated rings. The maximum Gasteiger partial charge on any atom is 0.0731 e. The zero-order valence-corrected chi connectivity index (χ0v) is 9.54. The van der Waals surface area contributed by atoms with Gasteiger partial charge in [-0.15, -0.1) is 0 Å². The van der Waals surface area contributed by atoms with E-state index in [0.717, 1.165) is 25.2 Å². The Hall–Kier alpha value is -0.0800. The molecule has 0 bridgehead atoms. The molecular weight excluding hydrogens is 174 g/mol. The van der Waals surface area contributed by atoms with Gasteiger partial charge in [-0.25, -0.2) is 0 Å². The average Bonchev–Trinajstić information content (AvgIpc) is 2.27. The molecule has 2 nitrogen and oxygen atoms in total. The highest BCUT2D eigenvalue weighted by molar-refractivity contribution is 4.89. The highest BCUT2D eigenvalue weighted by Crippen LogP contribution is 2.29. The summed E-state index contributed by atoms with van der Waals surface area (Å²) in [6.07, 6.45) is 7.23. The summed E-state index contributed by atoms with van der Waals surface area (Å²) in [6, 6.07) is 1.47. The van der Waals surface area contributed by atoms with Crippen LogP contribution in [0.1, 0.15) is 46.0 Å². The fourth-order valence-electron chi connectivity index (χ4n) is 2.91. The maximum atomic E-state index is 5.87. The van der Waals surface area contributed by atoms with Gasteiger partial charge in [-0.1, -0.05) is 19.8 Å². The molecule has 0 amide bonds. The Labute approximate surface area is 87.6 Å². The van der Waals surface area contributed by atoms with E-state index in [1.807, 2.05) is 0 Å². The standard InChI is InChI=1S/C12H23NO/c1-3-10(2)13-8-9-14-12-7-5-4-6-11(12)13/h10-12H,3-9H2,1-2H3. The largest absolute Gasteiger partial charge is 0.375 e. The SMILES string of the molecule is CCC(C)N1CCOC2CCCCC21. The summed E-state index contributed by atoms with van der Waals surface area (Å²) in [5.41, 5.74) is 0. The van der Waals surface area contributed by atoms with Crippen molar-refractivity contribution in [1.29, 1.82) is 0 Å². The zero-order valence-electron chi connectivity index (χ0n) is 9.54. The molecule has 1 heterocycles. The van der Waals surface area contributed by atoms with E-state index in [4.69, 9.17) is 4.74 Å². The third kappa shape index (κ3) is 1.96. The first kappa shape index (κ1) is 10.4. The minimum Gasteiger partial charge on any atom is -0.375 e. The van der Waals surface area contributed by atoms with E-state index in [1.54, 1.807) is 0 Å². The number of rotatable bonds is 2. The van der Waals surface area contributed by atoms with Gasteiger partial charge >= 0.3 is 0 Å². The Kier molecular flexibility index (Phi) is 3.45. The summed E-state index contributed by atoms with van der Waals surface area (Å²) in [4.78, 5) is 2.69. The van der Waals surface area contributed by atoms with Crippen molar-refractivity contribution in [2.75, 3.05) is 13.2 Å². The zero-order chi connectivity index (χ0) is 9.97. The summed E-state index contributed by atoms with van der Waals surface area (Å²) < 4.78 is 5.87. The molecule has 82 valence electrons. The van der Waals surface area contributed by atoms with E-state index in [2.05, 4.69) is 18.7 Å². The van der Waals surface area contributed by atoms with Crippen molar-refractivity contribution in [3.05, 3.63) is 0 Å². The van der Waals surface area contributed by atoms with Crippen LogP contribution in [0, 0.1) is 0 Å². The molecule has 2 aliphatic rings. The van der Waals surface area contributed by atoms with Crippen molar-refractivity contribution in [2.45, 2.75) is 64.1 Å². The van der Waals surface area contributed by atoms with Gasteiger partial charge in [0.15, 0.2) is 0 Å². The van der Waals surface area contributed by atoms with Gasteiger partial charge in [-0.05, 0) is 26.2 Å². The van der Waals surface area contributed by atoms with Crippen LogP contribution in [0.4, 0.5) is 0 Å². The Morgan fingerprint density at radius 2 is 2.14 bits per heavy atom. The van der Waals surface area contributed by atoms with Crippen molar-refractivity contribution < 1.29 is 4.74 Å². The average molecular weight is 197 g/mol. The van der Waals surface area contributed by atoms with Gasteiger partial charge in [0.2, 0.25) is 0 Å². The van der Waals surface area contributed by atoms with Crippen molar-refractivity contribution in [2.24, 2.45) is 0 Å². The first-order valence-electron chi connectivity index (χ1n) is 6.20. The van der Waals surface area contributed by atoms with Crippen molar-refractivity contribution in [1.82, 2.24) is 4.90 Å². The Bertz CT molecular complexity index is 179. The number of nitrogens with zero attached hydrogens (tertiary/aromatic N) is 1. The topological polar surface area (TPSA) is 12.5 Å². The lowest BCUT2D eigenvalue weighted by molar-refractivity contribution is -0.100. The Morgan fingerprint density at radius 3 is 2.93 bits per heavy atom. The number of hydrogen-bond donors (Lipinski definition) is 0. The molecule has 3 unspecified atom stereocenters. The van der Waals surface area contributed by atoms with Crippen LogP contribution in [0.5, 0.6) is 0 Å². The van der Waals surface area contributed by atoms with Gasteiger partial charge in [-0.3, -0.25) is 4.90 Å². The van der Waals surface area contributed by atoms with Gasteiger partial charge in [-0.2, -0.15) is 0 Å². The highest BCUT2D eigenvalue weighted by atomic mass is 16.5. The first-order valence-corrected chi connectivity index (χ1v) is 6.20. The minimum atomic E-state index is 0.548. The molecular formula is C12H23NO. The molecule has 0 spiro atoms. The lowest BCUT2D eigenvalue weighted by Crippen LogP contribution is -2.55. The fraction of sp³-hybridized carbons (Fsp3) is 1.00. The van der Waals surface area contributed by atoms with Crippen LogP contribution < -0.4 is 0 Å². The molecule has 0 radical (unpaired) electrons. The van der Waals surface area contributed by atoms with Gasteiger partial charge < -0.3 is 4.74 Å². The smallest absolute Gasteiger partial charge is 0.0731 e. The lowest BCUT2D eigenvalue weighted by atomic mass is 9.89. The summed E-state index contributed by atoms with van der Waals surface area (Å²) >= 11 is 0. The molecule has 14 heavy (non-hydrogen) atoms.